The van der Waals surface area contributed by atoms with Crippen LogP contribution in [0.4, 0.5) is 8.78 Å². The Labute approximate surface area is 144 Å². The van der Waals surface area contributed by atoms with Crippen LogP contribution in [0.25, 0.3) is 0 Å². The summed E-state index contributed by atoms with van der Waals surface area (Å²) < 4.78 is 29.4. The Morgan fingerprint density at radius 2 is 1.80 bits per heavy atom. The first-order valence-corrected chi connectivity index (χ1v) is 8.39. The Bertz CT molecular complexity index is 627. The number of amides is 2. The van der Waals surface area contributed by atoms with Gasteiger partial charge >= 0.3 is 6.61 Å². The molecule has 136 valence electrons. The van der Waals surface area contributed by atoms with Crippen LogP contribution in [0.15, 0.2) is 24.3 Å². The van der Waals surface area contributed by atoms with Gasteiger partial charge in [0.05, 0.1) is 11.5 Å². The summed E-state index contributed by atoms with van der Waals surface area (Å²) in [6.07, 6.45) is 0.844. The fourth-order valence-corrected chi connectivity index (χ4v) is 3.27. The lowest BCUT2D eigenvalue weighted by Crippen LogP contribution is -2.52. The van der Waals surface area contributed by atoms with Gasteiger partial charge in [0.1, 0.15) is 5.75 Å². The van der Waals surface area contributed by atoms with Crippen LogP contribution in [0.5, 0.6) is 5.75 Å². The van der Waals surface area contributed by atoms with E-state index in [1.54, 1.807) is 21.9 Å². The molecule has 1 aromatic rings. The first kappa shape index (κ1) is 17.6. The van der Waals surface area contributed by atoms with Gasteiger partial charge in [-0.15, -0.1) is 0 Å². The number of nitrogens with zero attached hydrogens (tertiary/aromatic N) is 2. The molecule has 6 nitrogen and oxygen atoms in total. The molecule has 0 bridgehead atoms. The SMILES string of the molecule is O=C(c1ccccc1OC(F)F)N1CCN(C(=O)C2CCNC2)CC1. The molecule has 0 aromatic heterocycles. The molecular weight excluding hydrogens is 332 g/mol. The van der Waals surface area contributed by atoms with Crippen molar-refractivity contribution in [3.8, 4) is 5.75 Å². The lowest BCUT2D eigenvalue weighted by molar-refractivity contribution is -0.136. The van der Waals surface area contributed by atoms with E-state index < -0.39 is 6.61 Å². The number of hydrogen-bond donors (Lipinski definition) is 1. The third-order valence-corrected chi connectivity index (χ3v) is 4.62. The van der Waals surface area contributed by atoms with Gasteiger partial charge in [-0.05, 0) is 25.1 Å². The van der Waals surface area contributed by atoms with Gasteiger partial charge in [0.25, 0.3) is 5.91 Å². The molecular formula is C17H21F2N3O3. The average molecular weight is 353 g/mol. The highest BCUT2D eigenvalue weighted by Gasteiger charge is 2.31. The maximum atomic E-state index is 12.6. The zero-order valence-corrected chi connectivity index (χ0v) is 13.8. The summed E-state index contributed by atoms with van der Waals surface area (Å²) in [5, 5.41) is 3.18. The number of para-hydroxylation sites is 1. The quantitative estimate of drug-likeness (QED) is 0.883. The van der Waals surface area contributed by atoms with Crippen molar-refractivity contribution in [1.82, 2.24) is 15.1 Å². The largest absolute Gasteiger partial charge is 0.434 e. The fourth-order valence-electron chi connectivity index (χ4n) is 3.27. The molecule has 2 fully saturated rings. The van der Waals surface area contributed by atoms with Crippen molar-refractivity contribution in [1.29, 1.82) is 0 Å². The van der Waals surface area contributed by atoms with Crippen LogP contribution < -0.4 is 10.1 Å². The van der Waals surface area contributed by atoms with E-state index in [1.165, 1.54) is 12.1 Å². The second-order valence-electron chi connectivity index (χ2n) is 6.18. The van der Waals surface area contributed by atoms with Crippen LogP contribution in [-0.4, -0.2) is 67.5 Å². The highest BCUT2D eigenvalue weighted by atomic mass is 19.3. The fraction of sp³-hybridized carbons (Fsp3) is 0.529. The number of carbonyl (C=O) groups excluding carboxylic acids is 2. The summed E-state index contributed by atoms with van der Waals surface area (Å²) in [6, 6.07) is 5.98. The highest BCUT2D eigenvalue weighted by Crippen LogP contribution is 2.23. The molecule has 2 aliphatic rings. The topological polar surface area (TPSA) is 61.9 Å². The van der Waals surface area contributed by atoms with E-state index in [9.17, 15) is 18.4 Å². The molecule has 1 aromatic carbocycles. The predicted octanol–water partition coefficient (Wildman–Crippen LogP) is 1.18. The minimum Gasteiger partial charge on any atom is -0.434 e. The molecule has 0 aliphatic carbocycles. The summed E-state index contributed by atoms with van der Waals surface area (Å²) in [4.78, 5) is 28.4. The Balaban J connectivity index is 1.61. The van der Waals surface area contributed by atoms with E-state index in [-0.39, 0.29) is 29.0 Å². The van der Waals surface area contributed by atoms with Crippen LogP contribution in [0, 0.1) is 5.92 Å². The monoisotopic (exact) mass is 353 g/mol. The molecule has 2 amide bonds. The normalized spacial score (nSPS) is 20.8. The summed E-state index contributed by atoms with van der Waals surface area (Å²) >= 11 is 0. The van der Waals surface area contributed by atoms with Crippen LogP contribution in [0.2, 0.25) is 0 Å². The zero-order valence-electron chi connectivity index (χ0n) is 13.8. The Morgan fingerprint density at radius 3 is 2.44 bits per heavy atom. The molecule has 2 aliphatic heterocycles. The molecule has 0 radical (unpaired) electrons. The molecule has 25 heavy (non-hydrogen) atoms. The minimum absolute atomic E-state index is 0.0161. The maximum absolute atomic E-state index is 12.6. The molecule has 1 N–H and O–H groups in total. The van der Waals surface area contributed by atoms with Crippen molar-refractivity contribution >= 4 is 11.8 Å². The number of rotatable bonds is 4. The van der Waals surface area contributed by atoms with Crippen molar-refractivity contribution in [3.63, 3.8) is 0 Å². The minimum atomic E-state index is -2.98. The van der Waals surface area contributed by atoms with Crippen molar-refractivity contribution in [2.45, 2.75) is 13.0 Å². The molecule has 2 saturated heterocycles. The van der Waals surface area contributed by atoms with E-state index in [1.807, 2.05) is 0 Å². The number of alkyl halides is 2. The van der Waals surface area contributed by atoms with E-state index in [4.69, 9.17) is 0 Å². The predicted molar refractivity (Wildman–Crippen MR) is 86.5 cm³/mol. The second kappa shape index (κ2) is 7.77. The Kier molecular flexibility index (Phi) is 5.47. The molecule has 2 heterocycles. The van der Waals surface area contributed by atoms with Gasteiger partial charge in [0.2, 0.25) is 5.91 Å². The summed E-state index contributed by atoms with van der Waals surface area (Å²) in [5.41, 5.74) is 0.113. The zero-order chi connectivity index (χ0) is 17.8. The van der Waals surface area contributed by atoms with E-state index >= 15 is 0 Å². The second-order valence-corrected chi connectivity index (χ2v) is 6.18. The van der Waals surface area contributed by atoms with Crippen LogP contribution >= 0.6 is 0 Å². The molecule has 1 unspecified atom stereocenters. The van der Waals surface area contributed by atoms with Gasteiger partial charge in [-0.3, -0.25) is 9.59 Å². The molecule has 1 atom stereocenters. The Hall–Kier alpha value is -2.22. The van der Waals surface area contributed by atoms with E-state index in [0.29, 0.717) is 32.7 Å². The first-order chi connectivity index (χ1) is 12.1. The maximum Gasteiger partial charge on any atom is 0.387 e. The number of nitrogens with one attached hydrogen (secondary N) is 1. The molecule has 3 rings (SSSR count). The lowest BCUT2D eigenvalue weighted by atomic mass is 10.1. The van der Waals surface area contributed by atoms with Crippen molar-refractivity contribution in [2.75, 3.05) is 39.3 Å². The van der Waals surface area contributed by atoms with Gasteiger partial charge in [-0.25, -0.2) is 0 Å². The van der Waals surface area contributed by atoms with Crippen molar-refractivity contribution < 1.29 is 23.1 Å². The van der Waals surface area contributed by atoms with E-state index in [2.05, 4.69) is 10.1 Å². The van der Waals surface area contributed by atoms with Gasteiger partial charge in [-0.1, -0.05) is 12.1 Å². The third-order valence-electron chi connectivity index (χ3n) is 4.62. The number of benzene rings is 1. The van der Waals surface area contributed by atoms with Crippen molar-refractivity contribution in [3.05, 3.63) is 29.8 Å². The van der Waals surface area contributed by atoms with Gasteiger partial charge < -0.3 is 19.9 Å². The highest BCUT2D eigenvalue weighted by molar-refractivity contribution is 5.97. The number of piperazine rings is 1. The summed E-state index contributed by atoms with van der Waals surface area (Å²) in [6.45, 7) is 0.259. The van der Waals surface area contributed by atoms with Crippen molar-refractivity contribution in [2.24, 2.45) is 5.92 Å². The number of ether oxygens (including phenoxy) is 1. The Morgan fingerprint density at radius 1 is 1.12 bits per heavy atom. The standard InChI is InChI=1S/C17H21F2N3O3/c18-17(19)25-14-4-2-1-3-13(14)16(24)22-9-7-21(8-10-22)15(23)12-5-6-20-11-12/h1-4,12,17,20H,5-11H2. The summed E-state index contributed by atoms with van der Waals surface area (Å²) in [7, 11) is 0. The van der Waals surface area contributed by atoms with Gasteiger partial charge in [-0.2, -0.15) is 8.78 Å². The van der Waals surface area contributed by atoms with Gasteiger partial charge in [0.15, 0.2) is 0 Å². The molecule has 8 heteroatoms. The third kappa shape index (κ3) is 4.07. The smallest absolute Gasteiger partial charge is 0.387 e. The van der Waals surface area contributed by atoms with Gasteiger partial charge in [0, 0.05) is 32.7 Å². The first-order valence-electron chi connectivity index (χ1n) is 8.39. The van der Waals surface area contributed by atoms with E-state index in [0.717, 1.165) is 13.0 Å². The molecule has 0 spiro atoms. The number of carbonyl (C=O) groups is 2. The van der Waals surface area contributed by atoms with Crippen LogP contribution in [-0.2, 0) is 4.79 Å². The number of halogens is 2. The molecule has 0 saturated carbocycles. The average Bonchev–Trinajstić information content (AvgIpc) is 3.15. The summed E-state index contributed by atoms with van der Waals surface area (Å²) in [5.74, 6) is -0.343. The number of hydrogen-bond acceptors (Lipinski definition) is 4. The van der Waals surface area contributed by atoms with Crippen LogP contribution in [0.1, 0.15) is 16.8 Å². The lowest BCUT2D eigenvalue weighted by Gasteiger charge is -2.36. The van der Waals surface area contributed by atoms with Crippen LogP contribution in [0.3, 0.4) is 0 Å².